The second kappa shape index (κ2) is 12.1. The van der Waals surface area contributed by atoms with Crippen LogP contribution in [0.1, 0.15) is 44.2 Å². The summed E-state index contributed by atoms with van der Waals surface area (Å²) in [4.78, 5) is 47.2. The number of carbonyl (C=O) groups excluding carboxylic acids is 2. The zero-order chi connectivity index (χ0) is 31.8. The number of hydrogen-bond donors (Lipinski definition) is 5. The first-order valence-corrected chi connectivity index (χ1v) is 13.2. The van der Waals surface area contributed by atoms with Crippen molar-refractivity contribution in [1.82, 2.24) is 10.6 Å². The summed E-state index contributed by atoms with van der Waals surface area (Å²) in [6, 6.07) is 7.77. The van der Waals surface area contributed by atoms with E-state index in [1.807, 2.05) is 20.8 Å². The third kappa shape index (κ3) is 6.63. The summed E-state index contributed by atoms with van der Waals surface area (Å²) in [6.45, 7) is 5.40. The van der Waals surface area contributed by atoms with Crippen molar-refractivity contribution in [3.8, 4) is 0 Å². The zero-order valence-electron chi connectivity index (χ0n) is 22.4. The van der Waals surface area contributed by atoms with Crippen LogP contribution < -0.4 is 16.0 Å². The smallest absolute Gasteiger partial charge is 0.480 e. The lowest BCUT2D eigenvalue weighted by Gasteiger charge is -2.37. The standard InChI is InChI=1S/C25H26Cl2FN3O4.C2HF3O2/c1-24(2,3)10-17-25(14-8-7-12(26)9-16(14)30-23(25)35)19(13-5-4-6-15(27)20(13)28)21(31-17)22(34)29-11-18(32)33;3-2(4,5)1(6)7/h4-9,17,19,21,31H,10-11H2,1-3H3,(H,29,34)(H,30,35)(H,32,33);(H,6,7)/t17-,19-,21+,25+;/m0./s1. The molecule has 0 radical (unpaired) electrons. The number of alkyl halides is 3. The molecule has 2 aliphatic heterocycles. The average molecular weight is 636 g/mol. The van der Waals surface area contributed by atoms with Gasteiger partial charge in [0.15, 0.2) is 0 Å². The van der Waals surface area contributed by atoms with E-state index in [0.29, 0.717) is 22.7 Å². The van der Waals surface area contributed by atoms with Gasteiger partial charge >= 0.3 is 18.1 Å². The summed E-state index contributed by atoms with van der Waals surface area (Å²) in [5.74, 6) is -6.78. The maximum atomic E-state index is 15.5. The number of anilines is 1. The molecule has 4 rings (SSSR count). The van der Waals surface area contributed by atoms with Gasteiger partial charge in [-0.3, -0.25) is 14.4 Å². The van der Waals surface area contributed by atoms with Gasteiger partial charge < -0.3 is 26.2 Å². The van der Waals surface area contributed by atoms with Crippen LogP contribution in [0.15, 0.2) is 36.4 Å². The molecule has 2 heterocycles. The highest BCUT2D eigenvalue weighted by molar-refractivity contribution is 6.31. The van der Waals surface area contributed by atoms with E-state index in [0.717, 1.165) is 0 Å². The van der Waals surface area contributed by atoms with Crippen molar-refractivity contribution in [1.29, 1.82) is 0 Å². The maximum absolute atomic E-state index is 15.5. The third-order valence-electron chi connectivity index (χ3n) is 6.88. The fourth-order valence-electron chi connectivity index (χ4n) is 5.42. The molecule has 0 aliphatic carbocycles. The van der Waals surface area contributed by atoms with Crippen LogP contribution in [0.2, 0.25) is 10.0 Å². The Morgan fingerprint density at radius 3 is 2.24 bits per heavy atom. The molecule has 4 atom stereocenters. The number of benzene rings is 2. The van der Waals surface area contributed by atoms with Gasteiger partial charge in [0.2, 0.25) is 11.8 Å². The molecule has 228 valence electrons. The first kappa shape index (κ1) is 33.1. The number of amides is 2. The minimum atomic E-state index is -5.08. The highest BCUT2D eigenvalue weighted by Crippen LogP contribution is 2.57. The Morgan fingerprint density at radius 2 is 1.69 bits per heavy atom. The van der Waals surface area contributed by atoms with Crippen LogP contribution in [0.25, 0.3) is 0 Å². The topological polar surface area (TPSA) is 145 Å². The predicted molar refractivity (Wildman–Crippen MR) is 145 cm³/mol. The molecule has 0 unspecified atom stereocenters. The van der Waals surface area contributed by atoms with Crippen LogP contribution in [-0.4, -0.2) is 58.8 Å². The minimum Gasteiger partial charge on any atom is -0.480 e. The van der Waals surface area contributed by atoms with E-state index in [9.17, 15) is 27.6 Å². The zero-order valence-corrected chi connectivity index (χ0v) is 23.9. The van der Waals surface area contributed by atoms with E-state index in [4.69, 9.17) is 38.2 Å². The molecular weight excluding hydrogens is 609 g/mol. The molecule has 9 nitrogen and oxygen atoms in total. The average Bonchev–Trinajstić information content (AvgIpc) is 3.32. The summed E-state index contributed by atoms with van der Waals surface area (Å²) in [7, 11) is 0. The molecule has 1 fully saturated rings. The number of rotatable bonds is 5. The molecule has 1 spiro atoms. The maximum Gasteiger partial charge on any atom is 0.490 e. The van der Waals surface area contributed by atoms with Crippen molar-refractivity contribution in [3.05, 3.63) is 63.4 Å². The summed E-state index contributed by atoms with van der Waals surface area (Å²) in [5, 5.41) is 25.0. The Bertz CT molecular complexity index is 1420. The van der Waals surface area contributed by atoms with Crippen LogP contribution >= 0.6 is 23.2 Å². The molecule has 15 heteroatoms. The van der Waals surface area contributed by atoms with E-state index >= 15 is 4.39 Å². The van der Waals surface area contributed by atoms with Gasteiger partial charge in [-0.1, -0.05) is 62.2 Å². The Hall–Kier alpha value is -3.42. The van der Waals surface area contributed by atoms with Crippen molar-refractivity contribution in [2.24, 2.45) is 5.41 Å². The Morgan fingerprint density at radius 1 is 1.07 bits per heavy atom. The Kier molecular flexibility index (Phi) is 9.50. The molecule has 2 aliphatic rings. The molecule has 2 aromatic rings. The minimum absolute atomic E-state index is 0.0924. The summed E-state index contributed by atoms with van der Waals surface area (Å²) in [5.41, 5.74) is -0.489. The van der Waals surface area contributed by atoms with E-state index in [1.54, 1.807) is 24.3 Å². The van der Waals surface area contributed by atoms with Gasteiger partial charge in [0.05, 0.1) is 11.1 Å². The SMILES string of the molecule is CC(C)(C)C[C@@H]1N[C@@H](C(=O)NCC(=O)O)[C@H](c2cccc(Cl)c2F)[C@]12C(=O)Nc1cc(Cl)ccc12.O=C(O)C(F)(F)F. The van der Waals surface area contributed by atoms with Crippen molar-refractivity contribution in [2.75, 3.05) is 11.9 Å². The van der Waals surface area contributed by atoms with Crippen molar-refractivity contribution < 1.29 is 47.0 Å². The quantitative estimate of drug-likeness (QED) is 0.299. The molecule has 42 heavy (non-hydrogen) atoms. The highest BCUT2D eigenvalue weighted by atomic mass is 35.5. The molecule has 0 aromatic heterocycles. The fourth-order valence-corrected chi connectivity index (χ4v) is 5.78. The molecule has 5 N–H and O–H groups in total. The Balaban J connectivity index is 0.000000616. The van der Waals surface area contributed by atoms with Gasteiger partial charge in [-0.25, -0.2) is 9.18 Å². The lowest BCUT2D eigenvalue weighted by Crippen LogP contribution is -2.49. The molecule has 2 amide bonds. The lowest BCUT2D eigenvalue weighted by molar-refractivity contribution is -0.192. The fraction of sp³-hybridized carbons (Fsp3) is 0.407. The molecule has 0 saturated carbocycles. The molecular formula is C27H27Cl2F4N3O6. The number of carboxylic acid groups (broad SMARTS) is 2. The van der Waals surface area contributed by atoms with Gasteiger partial charge in [0.25, 0.3) is 0 Å². The van der Waals surface area contributed by atoms with Crippen molar-refractivity contribution in [3.63, 3.8) is 0 Å². The molecule has 1 saturated heterocycles. The molecule has 2 aromatic carbocycles. The number of aliphatic carboxylic acids is 2. The summed E-state index contributed by atoms with van der Waals surface area (Å²) in [6.07, 6.45) is -4.62. The van der Waals surface area contributed by atoms with E-state index < -0.39 is 65.7 Å². The van der Waals surface area contributed by atoms with E-state index in [2.05, 4.69) is 16.0 Å². The van der Waals surface area contributed by atoms with Gasteiger partial charge in [0, 0.05) is 22.7 Å². The number of carbonyl (C=O) groups is 4. The largest absolute Gasteiger partial charge is 0.490 e. The third-order valence-corrected chi connectivity index (χ3v) is 7.40. The van der Waals surface area contributed by atoms with Crippen LogP contribution in [0.5, 0.6) is 0 Å². The predicted octanol–water partition coefficient (Wildman–Crippen LogP) is 4.72. The summed E-state index contributed by atoms with van der Waals surface area (Å²) < 4.78 is 47.3. The molecule has 0 bridgehead atoms. The van der Waals surface area contributed by atoms with Crippen molar-refractivity contribution >= 4 is 52.6 Å². The highest BCUT2D eigenvalue weighted by Gasteiger charge is 2.66. The van der Waals surface area contributed by atoms with Crippen molar-refractivity contribution in [2.45, 2.75) is 56.8 Å². The monoisotopic (exact) mass is 635 g/mol. The second-order valence-electron chi connectivity index (χ2n) is 11.0. The van der Waals surface area contributed by atoms with Gasteiger partial charge in [-0.2, -0.15) is 13.2 Å². The van der Waals surface area contributed by atoms with Gasteiger partial charge in [0.1, 0.15) is 17.8 Å². The lowest BCUT2D eigenvalue weighted by atomic mass is 9.62. The number of nitrogens with one attached hydrogen (secondary N) is 3. The van der Waals surface area contributed by atoms with Crippen LogP contribution in [0, 0.1) is 11.2 Å². The van der Waals surface area contributed by atoms with Crippen LogP contribution in [0.3, 0.4) is 0 Å². The summed E-state index contributed by atoms with van der Waals surface area (Å²) >= 11 is 12.3. The number of carboxylic acids is 2. The number of fused-ring (bicyclic) bond motifs is 2. The van der Waals surface area contributed by atoms with Gasteiger partial charge in [-0.15, -0.1) is 0 Å². The first-order valence-electron chi connectivity index (χ1n) is 12.4. The number of hydrogen-bond acceptors (Lipinski definition) is 5. The van der Waals surface area contributed by atoms with E-state index in [-0.39, 0.29) is 16.0 Å². The van der Waals surface area contributed by atoms with Crippen LogP contribution in [0.4, 0.5) is 23.2 Å². The van der Waals surface area contributed by atoms with Gasteiger partial charge in [-0.05, 0) is 41.2 Å². The Labute approximate surface area is 247 Å². The second-order valence-corrected chi connectivity index (χ2v) is 11.9. The van der Waals surface area contributed by atoms with Crippen LogP contribution in [-0.2, 0) is 24.6 Å². The normalized spacial score (nSPS) is 23.1. The first-order chi connectivity index (χ1) is 19.3. The number of halogens is 6. The van der Waals surface area contributed by atoms with E-state index in [1.165, 1.54) is 12.1 Å².